The molecule has 1 aliphatic rings. The molecule has 1 amide bonds. The smallest absolute Gasteiger partial charge is 0.292 e. The largest absolute Gasteiger partial charge is 0.463 e. The van der Waals surface area contributed by atoms with Gasteiger partial charge in [0.2, 0.25) is 6.79 Å². The first-order valence-corrected chi connectivity index (χ1v) is 7.31. The molecule has 7 heteroatoms. The molecule has 1 aromatic carbocycles. The van der Waals surface area contributed by atoms with Gasteiger partial charge in [-0.25, -0.2) is 4.99 Å². The van der Waals surface area contributed by atoms with Crippen LogP contribution in [-0.4, -0.2) is 45.1 Å². The first-order valence-electron chi connectivity index (χ1n) is 7.31. The van der Waals surface area contributed by atoms with Crippen LogP contribution in [0.15, 0.2) is 35.8 Å². The zero-order valence-electron chi connectivity index (χ0n) is 13.0. The van der Waals surface area contributed by atoms with Gasteiger partial charge in [0.15, 0.2) is 11.5 Å². The summed E-state index contributed by atoms with van der Waals surface area (Å²) in [6.07, 6.45) is 1.61. The van der Waals surface area contributed by atoms with Gasteiger partial charge < -0.3 is 18.9 Å². The maximum atomic E-state index is 12.3. The quantitative estimate of drug-likeness (QED) is 0.358. The van der Waals surface area contributed by atoms with Crippen LogP contribution in [0.1, 0.15) is 17.3 Å². The van der Waals surface area contributed by atoms with Crippen LogP contribution in [0.25, 0.3) is 0 Å². The normalized spacial score (nSPS) is 12.8. The number of hydrogen-bond donors (Lipinski definition) is 1. The molecule has 1 heterocycles. The minimum absolute atomic E-state index is 0.132. The summed E-state index contributed by atoms with van der Waals surface area (Å²) in [4.78, 5) is 16.4. The molecule has 0 fully saturated rings. The molecule has 124 valence electrons. The van der Waals surface area contributed by atoms with Crippen LogP contribution < -0.4 is 14.8 Å². The first kappa shape index (κ1) is 16.8. The molecule has 0 aliphatic carbocycles. The average molecular weight is 320 g/mol. The molecule has 0 saturated heterocycles. The van der Waals surface area contributed by atoms with E-state index >= 15 is 0 Å². The van der Waals surface area contributed by atoms with Crippen LogP contribution in [0.3, 0.4) is 0 Å². The number of aliphatic imine (C=N–C) groups is 1. The van der Waals surface area contributed by atoms with Crippen molar-refractivity contribution in [3.8, 4) is 11.5 Å². The summed E-state index contributed by atoms with van der Waals surface area (Å²) in [6, 6.07) is 5.08. The number of carbonyl (C=O) groups is 1. The number of benzene rings is 1. The number of nitrogens with zero attached hydrogens (tertiary/aromatic N) is 1. The second-order valence-electron chi connectivity index (χ2n) is 4.50. The highest BCUT2D eigenvalue weighted by molar-refractivity contribution is 6.04. The summed E-state index contributed by atoms with van der Waals surface area (Å²) in [6.45, 7) is 7.30. The molecule has 0 bridgehead atoms. The van der Waals surface area contributed by atoms with E-state index in [1.807, 2.05) is 6.92 Å². The number of ether oxygens (including phenoxy) is 4. The molecule has 1 N–H and O–H groups in total. The zero-order chi connectivity index (χ0) is 16.5. The number of rotatable bonds is 7. The Balaban J connectivity index is 1.97. The molecule has 0 radical (unpaired) electrons. The molecule has 7 nitrogen and oxygen atoms in total. The lowest BCUT2D eigenvalue weighted by Crippen LogP contribution is -2.33. The molecule has 1 aromatic rings. The molecule has 23 heavy (non-hydrogen) atoms. The summed E-state index contributed by atoms with van der Waals surface area (Å²) in [5.74, 6) is 0.817. The molecule has 0 spiro atoms. The number of carbonyl (C=O) groups excluding carboxylic acids is 1. The van der Waals surface area contributed by atoms with Crippen molar-refractivity contribution in [1.82, 2.24) is 5.32 Å². The van der Waals surface area contributed by atoms with Crippen LogP contribution in [0.5, 0.6) is 11.5 Å². The van der Waals surface area contributed by atoms with Gasteiger partial charge in [-0.1, -0.05) is 6.08 Å². The third-order valence-electron chi connectivity index (χ3n) is 2.89. The van der Waals surface area contributed by atoms with Gasteiger partial charge in [-0.05, 0) is 25.1 Å². The van der Waals surface area contributed by atoms with Gasteiger partial charge in [-0.15, -0.1) is 6.58 Å². The molecule has 0 atom stereocenters. The van der Waals surface area contributed by atoms with Crippen LogP contribution in [-0.2, 0) is 9.47 Å². The Morgan fingerprint density at radius 2 is 2.22 bits per heavy atom. The summed E-state index contributed by atoms with van der Waals surface area (Å²) in [5, 5.41) is 2.63. The van der Waals surface area contributed by atoms with Crippen LogP contribution in [0.2, 0.25) is 0 Å². The number of amides is 1. The van der Waals surface area contributed by atoms with E-state index in [2.05, 4.69) is 16.9 Å². The minimum Gasteiger partial charge on any atom is -0.463 e. The van der Waals surface area contributed by atoms with Gasteiger partial charge in [-0.3, -0.25) is 10.1 Å². The minimum atomic E-state index is -0.345. The standard InChI is InChI=1S/C16H20N2O5/c1-3-7-17-16(21-9-8-20-4-2)18-15(19)12-5-6-13-14(10-12)23-11-22-13/h3,5-6,10H,1,4,7-9,11H2,2H3,(H,17,18,19). The summed E-state index contributed by atoms with van der Waals surface area (Å²) >= 11 is 0. The SMILES string of the molecule is C=CCN=C(NC(=O)c1ccc2c(c1)OCO2)OCCOCC. The third kappa shape index (κ3) is 5.00. The van der Waals surface area contributed by atoms with Crippen molar-refractivity contribution in [3.05, 3.63) is 36.4 Å². The van der Waals surface area contributed by atoms with Crippen molar-refractivity contribution in [3.63, 3.8) is 0 Å². The second kappa shape index (κ2) is 8.79. The van der Waals surface area contributed by atoms with E-state index in [1.54, 1.807) is 24.3 Å². The maximum absolute atomic E-state index is 12.3. The number of amidine groups is 1. The van der Waals surface area contributed by atoms with Gasteiger partial charge in [0.25, 0.3) is 11.9 Å². The highest BCUT2D eigenvalue weighted by Gasteiger charge is 2.17. The van der Waals surface area contributed by atoms with Crippen molar-refractivity contribution >= 4 is 11.9 Å². The van der Waals surface area contributed by atoms with Gasteiger partial charge in [-0.2, -0.15) is 0 Å². The van der Waals surface area contributed by atoms with E-state index in [0.29, 0.717) is 43.4 Å². The van der Waals surface area contributed by atoms with E-state index in [9.17, 15) is 4.79 Å². The number of fused-ring (bicyclic) bond motifs is 1. The van der Waals surface area contributed by atoms with Gasteiger partial charge >= 0.3 is 0 Å². The predicted molar refractivity (Wildman–Crippen MR) is 85.0 cm³/mol. The molecular formula is C16H20N2O5. The Kier molecular flexibility index (Phi) is 6.43. The fourth-order valence-electron chi connectivity index (χ4n) is 1.82. The van der Waals surface area contributed by atoms with E-state index < -0.39 is 0 Å². The lowest BCUT2D eigenvalue weighted by atomic mass is 10.2. The maximum Gasteiger partial charge on any atom is 0.292 e. The Bertz CT molecular complexity index is 586. The molecule has 1 aliphatic heterocycles. The van der Waals surface area contributed by atoms with Gasteiger partial charge in [0, 0.05) is 12.2 Å². The Labute approximate surface area is 134 Å². The van der Waals surface area contributed by atoms with E-state index in [1.165, 1.54) is 0 Å². The lowest BCUT2D eigenvalue weighted by molar-refractivity contribution is 0.0922. The molecule has 0 saturated carbocycles. The highest BCUT2D eigenvalue weighted by Crippen LogP contribution is 2.32. The number of hydrogen-bond acceptors (Lipinski definition) is 6. The van der Waals surface area contributed by atoms with Crippen LogP contribution >= 0.6 is 0 Å². The predicted octanol–water partition coefficient (Wildman–Crippen LogP) is 1.74. The Morgan fingerprint density at radius 1 is 1.39 bits per heavy atom. The second-order valence-corrected chi connectivity index (χ2v) is 4.50. The molecule has 0 unspecified atom stereocenters. The van der Waals surface area contributed by atoms with Crippen molar-refractivity contribution < 1.29 is 23.7 Å². The Hall–Kier alpha value is -2.54. The van der Waals surface area contributed by atoms with Crippen molar-refractivity contribution in [1.29, 1.82) is 0 Å². The van der Waals surface area contributed by atoms with Crippen molar-refractivity contribution in [2.75, 3.05) is 33.2 Å². The third-order valence-corrected chi connectivity index (χ3v) is 2.89. The Morgan fingerprint density at radius 3 is 3.00 bits per heavy atom. The van der Waals surface area contributed by atoms with Crippen LogP contribution in [0.4, 0.5) is 0 Å². The summed E-state index contributed by atoms with van der Waals surface area (Å²) in [7, 11) is 0. The summed E-state index contributed by atoms with van der Waals surface area (Å²) < 4.78 is 21.1. The van der Waals surface area contributed by atoms with Crippen LogP contribution in [0, 0.1) is 0 Å². The molecule has 0 aromatic heterocycles. The van der Waals surface area contributed by atoms with Gasteiger partial charge in [0.05, 0.1) is 13.2 Å². The molecular weight excluding hydrogens is 300 g/mol. The first-order chi connectivity index (χ1) is 11.2. The van der Waals surface area contributed by atoms with E-state index in [-0.39, 0.29) is 18.7 Å². The van der Waals surface area contributed by atoms with Gasteiger partial charge in [0.1, 0.15) is 6.61 Å². The topological polar surface area (TPSA) is 78.4 Å². The lowest BCUT2D eigenvalue weighted by Gasteiger charge is -2.11. The zero-order valence-corrected chi connectivity index (χ0v) is 13.0. The molecule has 2 rings (SSSR count). The number of nitrogens with one attached hydrogen (secondary N) is 1. The average Bonchev–Trinajstić information content (AvgIpc) is 3.03. The highest BCUT2D eigenvalue weighted by atomic mass is 16.7. The fourth-order valence-corrected chi connectivity index (χ4v) is 1.82. The van der Waals surface area contributed by atoms with Crippen molar-refractivity contribution in [2.24, 2.45) is 4.99 Å². The summed E-state index contributed by atoms with van der Waals surface area (Å²) in [5.41, 5.74) is 0.425. The van der Waals surface area contributed by atoms with E-state index in [0.717, 1.165) is 0 Å². The monoisotopic (exact) mass is 320 g/mol. The van der Waals surface area contributed by atoms with Crippen molar-refractivity contribution in [2.45, 2.75) is 6.92 Å². The fraction of sp³-hybridized carbons (Fsp3) is 0.375. The van der Waals surface area contributed by atoms with E-state index in [4.69, 9.17) is 18.9 Å².